The molecule has 0 aliphatic carbocycles. The van der Waals surface area contributed by atoms with Crippen molar-refractivity contribution in [2.75, 3.05) is 26.8 Å². The minimum absolute atomic E-state index is 0.0368. The Morgan fingerprint density at radius 2 is 2.12 bits per heavy atom. The van der Waals surface area contributed by atoms with Gasteiger partial charge in [-0.1, -0.05) is 33.3 Å². The van der Waals surface area contributed by atoms with Crippen LogP contribution < -0.4 is 10.6 Å². The zero-order valence-corrected chi connectivity index (χ0v) is 24.8. The molecular weight excluding hydrogens is 511 g/mol. The summed E-state index contributed by atoms with van der Waals surface area (Å²) in [7, 11) is 1.95. The van der Waals surface area contributed by atoms with E-state index in [0.717, 1.165) is 37.7 Å². The Bertz CT molecular complexity index is 1150. The highest BCUT2D eigenvalue weighted by Gasteiger charge is 2.42. The number of aldehydes is 1. The first-order valence-corrected chi connectivity index (χ1v) is 14.7. The topological polar surface area (TPSA) is 111 Å². The average molecular weight is 559 g/mol. The second-order valence-corrected chi connectivity index (χ2v) is 11.6. The van der Waals surface area contributed by atoms with Crippen LogP contribution in [0.2, 0.25) is 0 Å². The first kappa shape index (κ1) is 31.8. The van der Waals surface area contributed by atoms with Gasteiger partial charge in [-0.3, -0.25) is 9.59 Å². The standard InChI is InChI=1S/C26H41FN6O2.C4H6O/c1-5-7-17(2)9-10-20(28-4)22-15-33-25(30-22)31-23(19-16-35-13-11-26(19,3)27)21(32-33)14-18-8-6-12-29-24(18)34;1-4(2)3-5/h15,17-20,28H,5-14,16H2,1-4H3,(H,29,34);3H,1H2,2H3/t17-,18?,19?,20?,26?;/m1./s1. The van der Waals surface area contributed by atoms with Gasteiger partial charge in [-0.05, 0) is 58.1 Å². The lowest BCUT2D eigenvalue weighted by atomic mass is 9.82. The van der Waals surface area contributed by atoms with E-state index in [1.165, 1.54) is 12.8 Å². The third-order valence-corrected chi connectivity index (χ3v) is 7.98. The molecule has 4 rings (SSSR count). The number of amides is 1. The van der Waals surface area contributed by atoms with Crippen molar-refractivity contribution in [3.63, 3.8) is 0 Å². The summed E-state index contributed by atoms with van der Waals surface area (Å²) < 4.78 is 23.0. The zero-order chi connectivity index (χ0) is 29.3. The smallest absolute Gasteiger partial charge is 0.251 e. The van der Waals surface area contributed by atoms with Crippen LogP contribution in [0.1, 0.15) is 102 Å². The van der Waals surface area contributed by atoms with Crippen LogP contribution in [-0.2, 0) is 20.7 Å². The van der Waals surface area contributed by atoms with Crippen LogP contribution in [0.4, 0.5) is 4.39 Å². The Balaban J connectivity index is 0.000000810. The fourth-order valence-electron chi connectivity index (χ4n) is 5.45. The van der Waals surface area contributed by atoms with E-state index in [1.54, 1.807) is 18.4 Å². The van der Waals surface area contributed by atoms with Gasteiger partial charge in [-0.15, -0.1) is 0 Å². The third kappa shape index (κ3) is 8.39. The van der Waals surface area contributed by atoms with Crippen molar-refractivity contribution >= 4 is 18.0 Å². The van der Waals surface area contributed by atoms with Crippen LogP contribution in [0.25, 0.3) is 5.78 Å². The quantitative estimate of drug-likeness (QED) is 0.305. The molecule has 5 atom stereocenters. The molecule has 10 heteroatoms. The van der Waals surface area contributed by atoms with E-state index in [1.807, 2.05) is 13.2 Å². The number of aromatic nitrogens is 4. The number of piperidine rings is 1. The van der Waals surface area contributed by atoms with Crippen molar-refractivity contribution in [2.24, 2.45) is 11.8 Å². The Morgan fingerprint density at radius 3 is 2.75 bits per heavy atom. The number of nitrogens with zero attached hydrogens (tertiary/aromatic N) is 4. The van der Waals surface area contributed by atoms with Gasteiger partial charge in [0.2, 0.25) is 5.91 Å². The van der Waals surface area contributed by atoms with E-state index in [-0.39, 0.29) is 24.5 Å². The van der Waals surface area contributed by atoms with E-state index in [2.05, 4.69) is 31.1 Å². The highest BCUT2D eigenvalue weighted by Crippen LogP contribution is 2.39. The third-order valence-electron chi connectivity index (χ3n) is 7.98. The summed E-state index contributed by atoms with van der Waals surface area (Å²) in [5.74, 6) is 0.450. The lowest BCUT2D eigenvalue weighted by Crippen LogP contribution is -2.40. The Morgan fingerprint density at radius 1 is 1.38 bits per heavy atom. The van der Waals surface area contributed by atoms with Crippen LogP contribution >= 0.6 is 0 Å². The largest absolute Gasteiger partial charge is 0.381 e. The number of carbonyl (C=O) groups is 2. The summed E-state index contributed by atoms with van der Waals surface area (Å²) in [6.45, 7) is 12.5. The molecule has 222 valence electrons. The minimum Gasteiger partial charge on any atom is -0.381 e. The number of fused-ring (bicyclic) bond motifs is 1. The van der Waals surface area contributed by atoms with Gasteiger partial charge in [0.05, 0.1) is 41.8 Å². The number of ether oxygens (including phenoxy) is 1. The maximum absolute atomic E-state index is 15.6. The van der Waals surface area contributed by atoms with Gasteiger partial charge in [-0.25, -0.2) is 18.9 Å². The molecule has 0 spiro atoms. The molecule has 4 heterocycles. The van der Waals surface area contributed by atoms with Gasteiger partial charge < -0.3 is 15.4 Å². The SMILES string of the molecule is C=C(C)C=O.CCC[C@@H](C)CCC(NC)c1cn2nc(CC3CCCNC3=O)c(C3COCCC3(C)F)nc2n1. The Hall–Kier alpha value is -2.72. The number of alkyl halides is 1. The fourth-order valence-corrected chi connectivity index (χ4v) is 5.45. The van der Waals surface area contributed by atoms with Crippen LogP contribution in [0.5, 0.6) is 0 Å². The maximum Gasteiger partial charge on any atom is 0.251 e. The number of imidazole rings is 1. The first-order valence-electron chi connectivity index (χ1n) is 14.7. The van der Waals surface area contributed by atoms with Crippen LogP contribution in [0, 0.1) is 11.8 Å². The molecule has 0 radical (unpaired) electrons. The predicted octanol–water partition coefficient (Wildman–Crippen LogP) is 4.66. The minimum atomic E-state index is -1.45. The molecule has 2 aliphatic rings. The summed E-state index contributed by atoms with van der Waals surface area (Å²) in [6, 6.07) is 0.0956. The first-order chi connectivity index (χ1) is 19.1. The number of carbonyl (C=O) groups excluding carboxylic acids is 2. The van der Waals surface area contributed by atoms with Gasteiger partial charge in [-0.2, -0.15) is 5.10 Å². The van der Waals surface area contributed by atoms with Gasteiger partial charge in [0.15, 0.2) is 0 Å². The average Bonchev–Trinajstić information content (AvgIpc) is 3.33. The lowest BCUT2D eigenvalue weighted by molar-refractivity contribution is -0.126. The van der Waals surface area contributed by atoms with E-state index in [4.69, 9.17) is 19.8 Å². The van der Waals surface area contributed by atoms with Gasteiger partial charge >= 0.3 is 0 Å². The second-order valence-electron chi connectivity index (χ2n) is 11.6. The molecule has 2 aliphatic heterocycles. The molecule has 1 amide bonds. The molecular formula is C30H47FN6O3. The molecule has 2 saturated heterocycles. The van der Waals surface area contributed by atoms with E-state index in [9.17, 15) is 9.59 Å². The van der Waals surface area contributed by atoms with E-state index >= 15 is 4.39 Å². The molecule has 2 aromatic rings. The van der Waals surface area contributed by atoms with Crippen molar-refractivity contribution in [2.45, 2.75) is 96.7 Å². The highest BCUT2D eigenvalue weighted by atomic mass is 19.1. The lowest BCUT2D eigenvalue weighted by Gasteiger charge is -2.35. The summed E-state index contributed by atoms with van der Waals surface area (Å²) in [5, 5.41) is 11.2. The van der Waals surface area contributed by atoms with Crippen molar-refractivity contribution < 1.29 is 18.7 Å². The van der Waals surface area contributed by atoms with Gasteiger partial charge in [0.25, 0.3) is 5.78 Å². The molecule has 9 nitrogen and oxygen atoms in total. The summed E-state index contributed by atoms with van der Waals surface area (Å²) >= 11 is 0. The van der Waals surface area contributed by atoms with Crippen molar-refractivity contribution in [1.82, 2.24) is 30.2 Å². The molecule has 0 saturated carbocycles. The predicted molar refractivity (Wildman–Crippen MR) is 154 cm³/mol. The van der Waals surface area contributed by atoms with Crippen molar-refractivity contribution in [3.8, 4) is 0 Å². The second kappa shape index (κ2) is 14.8. The number of halogens is 1. The summed E-state index contributed by atoms with van der Waals surface area (Å²) in [6.07, 6.45) is 9.63. The molecule has 4 unspecified atom stereocenters. The maximum atomic E-state index is 15.6. The van der Waals surface area contributed by atoms with E-state index < -0.39 is 11.6 Å². The molecule has 2 fully saturated rings. The van der Waals surface area contributed by atoms with Crippen LogP contribution in [-0.4, -0.2) is 64.3 Å². The molecule has 2 aromatic heterocycles. The molecule has 40 heavy (non-hydrogen) atoms. The molecule has 0 bridgehead atoms. The van der Waals surface area contributed by atoms with Crippen molar-refractivity contribution in [1.29, 1.82) is 0 Å². The van der Waals surface area contributed by atoms with Crippen LogP contribution in [0.15, 0.2) is 18.3 Å². The number of allylic oxidation sites excluding steroid dienone is 1. The van der Waals surface area contributed by atoms with Crippen LogP contribution in [0.3, 0.4) is 0 Å². The molecule has 0 aromatic carbocycles. The Kier molecular flexibility index (Phi) is 11.7. The molecule has 2 N–H and O–H groups in total. The van der Waals surface area contributed by atoms with E-state index in [0.29, 0.717) is 54.6 Å². The fraction of sp³-hybridized carbons (Fsp3) is 0.700. The number of rotatable bonds is 11. The Labute approximate surface area is 237 Å². The number of hydrogen-bond acceptors (Lipinski definition) is 7. The zero-order valence-electron chi connectivity index (χ0n) is 24.8. The monoisotopic (exact) mass is 558 g/mol. The van der Waals surface area contributed by atoms with Gasteiger partial charge in [0, 0.05) is 31.9 Å². The summed E-state index contributed by atoms with van der Waals surface area (Å²) in [4.78, 5) is 31.6. The number of nitrogens with one attached hydrogen (secondary N) is 2. The van der Waals surface area contributed by atoms with Gasteiger partial charge in [0.1, 0.15) is 12.0 Å². The summed E-state index contributed by atoms with van der Waals surface area (Å²) in [5.41, 5.74) is 1.26. The number of hydrogen-bond donors (Lipinski definition) is 2. The van der Waals surface area contributed by atoms with Crippen molar-refractivity contribution in [3.05, 3.63) is 35.4 Å². The highest BCUT2D eigenvalue weighted by molar-refractivity contribution is 5.79. The normalized spacial score (nSPS) is 24.5.